The van der Waals surface area contributed by atoms with Crippen molar-refractivity contribution in [2.75, 3.05) is 13.8 Å². The van der Waals surface area contributed by atoms with Gasteiger partial charge in [0.05, 0.1) is 17.7 Å². The van der Waals surface area contributed by atoms with Crippen LogP contribution in [-0.4, -0.2) is 36.5 Å². The van der Waals surface area contributed by atoms with Gasteiger partial charge < -0.3 is 13.9 Å². The number of esters is 1. The Morgan fingerprint density at radius 3 is 2.30 bits per heavy atom. The van der Waals surface area contributed by atoms with Crippen molar-refractivity contribution >= 4 is 28.8 Å². The number of hydrogen-bond acceptors (Lipinski definition) is 6. The SMILES string of the molecule is COCc1c(C(=O)OCN2C(=O)c3ccccc3C2=O)oc2ccccc12. The molecule has 0 saturated heterocycles. The molecule has 2 aromatic carbocycles. The lowest BCUT2D eigenvalue weighted by atomic mass is 10.1. The molecule has 27 heavy (non-hydrogen) atoms. The maximum Gasteiger partial charge on any atom is 0.376 e. The topological polar surface area (TPSA) is 86.0 Å². The number of methoxy groups -OCH3 is 1. The zero-order valence-electron chi connectivity index (χ0n) is 14.4. The van der Waals surface area contributed by atoms with Crippen molar-refractivity contribution in [2.24, 2.45) is 0 Å². The Morgan fingerprint density at radius 1 is 1.00 bits per heavy atom. The molecule has 0 bridgehead atoms. The molecule has 136 valence electrons. The number of carbonyl (C=O) groups is 3. The van der Waals surface area contributed by atoms with Crippen molar-refractivity contribution in [3.63, 3.8) is 0 Å². The van der Waals surface area contributed by atoms with Crippen LogP contribution in [0.3, 0.4) is 0 Å². The molecule has 0 aliphatic carbocycles. The van der Waals surface area contributed by atoms with Crippen LogP contribution >= 0.6 is 0 Å². The smallest absolute Gasteiger partial charge is 0.376 e. The summed E-state index contributed by atoms with van der Waals surface area (Å²) in [4.78, 5) is 38.1. The number of fused-ring (bicyclic) bond motifs is 2. The van der Waals surface area contributed by atoms with Gasteiger partial charge >= 0.3 is 5.97 Å². The quantitative estimate of drug-likeness (QED) is 0.510. The van der Waals surface area contributed by atoms with Crippen LogP contribution in [-0.2, 0) is 16.1 Å². The van der Waals surface area contributed by atoms with Gasteiger partial charge in [0, 0.05) is 18.1 Å². The van der Waals surface area contributed by atoms with Crippen molar-refractivity contribution in [1.29, 1.82) is 0 Å². The van der Waals surface area contributed by atoms with Crippen LogP contribution in [0.5, 0.6) is 0 Å². The van der Waals surface area contributed by atoms with Crippen LogP contribution in [0.15, 0.2) is 52.9 Å². The highest BCUT2D eigenvalue weighted by molar-refractivity contribution is 6.21. The highest BCUT2D eigenvalue weighted by atomic mass is 16.6. The largest absolute Gasteiger partial charge is 0.449 e. The van der Waals surface area contributed by atoms with E-state index in [1.807, 2.05) is 12.1 Å². The van der Waals surface area contributed by atoms with Crippen molar-refractivity contribution in [2.45, 2.75) is 6.61 Å². The van der Waals surface area contributed by atoms with E-state index in [2.05, 4.69) is 0 Å². The van der Waals surface area contributed by atoms with E-state index in [-0.39, 0.29) is 12.4 Å². The number of ether oxygens (including phenoxy) is 2. The zero-order valence-corrected chi connectivity index (χ0v) is 14.4. The van der Waals surface area contributed by atoms with Crippen LogP contribution in [0.1, 0.15) is 36.8 Å². The maximum absolute atomic E-state index is 12.5. The summed E-state index contributed by atoms with van der Waals surface area (Å²) in [5.74, 6) is -1.76. The summed E-state index contributed by atoms with van der Waals surface area (Å²) >= 11 is 0. The van der Waals surface area contributed by atoms with E-state index in [4.69, 9.17) is 13.9 Å². The lowest BCUT2D eigenvalue weighted by Gasteiger charge is -2.13. The van der Waals surface area contributed by atoms with Crippen LogP contribution in [0, 0.1) is 0 Å². The average molecular weight is 365 g/mol. The van der Waals surface area contributed by atoms with Gasteiger partial charge in [0.1, 0.15) is 5.58 Å². The molecule has 2 amide bonds. The van der Waals surface area contributed by atoms with E-state index in [9.17, 15) is 14.4 Å². The van der Waals surface area contributed by atoms with Gasteiger partial charge in [-0.05, 0) is 18.2 Å². The molecule has 0 N–H and O–H groups in total. The van der Waals surface area contributed by atoms with Gasteiger partial charge in [0.2, 0.25) is 5.76 Å². The number of rotatable bonds is 5. The molecule has 0 atom stereocenters. The molecule has 0 radical (unpaired) electrons. The first-order valence-electron chi connectivity index (χ1n) is 8.23. The van der Waals surface area contributed by atoms with Gasteiger partial charge in [-0.25, -0.2) is 9.69 Å². The van der Waals surface area contributed by atoms with Gasteiger partial charge in [0.15, 0.2) is 6.73 Å². The van der Waals surface area contributed by atoms with Gasteiger partial charge in [-0.1, -0.05) is 30.3 Å². The lowest BCUT2D eigenvalue weighted by Crippen LogP contribution is -2.33. The molecular weight excluding hydrogens is 350 g/mol. The molecule has 7 nitrogen and oxygen atoms in total. The van der Waals surface area contributed by atoms with Crippen LogP contribution in [0.25, 0.3) is 11.0 Å². The minimum Gasteiger partial charge on any atom is -0.449 e. The molecule has 0 unspecified atom stereocenters. The molecule has 0 saturated carbocycles. The predicted octanol–water partition coefficient (Wildman–Crippen LogP) is 2.99. The Hall–Kier alpha value is -3.45. The van der Waals surface area contributed by atoms with Gasteiger partial charge in [-0.3, -0.25) is 9.59 Å². The molecule has 1 aliphatic rings. The number of imide groups is 1. The monoisotopic (exact) mass is 365 g/mol. The number of hydrogen-bond donors (Lipinski definition) is 0. The van der Waals surface area contributed by atoms with Gasteiger partial charge in [-0.2, -0.15) is 0 Å². The Morgan fingerprint density at radius 2 is 1.63 bits per heavy atom. The molecule has 4 rings (SSSR count). The minimum atomic E-state index is -0.769. The second-order valence-electron chi connectivity index (χ2n) is 5.98. The first-order chi connectivity index (χ1) is 13.1. The molecule has 1 aromatic heterocycles. The average Bonchev–Trinajstić information content (AvgIpc) is 3.17. The summed E-state index contributed by atoms with van der Waals surface area (Å²) in [5, 5.41) is 0.743. The normalized spacial score (nSPS) is 13.3. The Bertz CT molecular complexity index is 1030. The Balaban J connectivity index is 1.56. The molecule has 0 fully saturated rings. The standard InChI is InChI=1S/C20H15NO6/c1-25-10-15-12-6-4-5-9-16(12)27-17(15)20(24)26-11-21-18(22)13-7-2-3-8-14(13)19(21)23/h2-9H,10-11H2,1H3. The van der Waals surface area contributed by atoms with E-state index >= 15 is 0 Å². The third-order valence-electron chi connectivity index (χ3n) is 4.38. The first-order valence-corrected chi connectivity index (χ1v) is 8.23. The van der Waals surface area contributed by atoms with Crippen molar-refractivity contribution in [1.82, 2.24) is 4.90 Å². The summed E-state index contributed by atoms with van der Waals surface area (Å²) in [6.07, 6.45) is 0. The van der Waals surface area contributed by atoms with Crippen LogP contribution < -0.4 is 0 Å². The summed E-state index contributed by atoms with van der Waals surface area (Å²) in [6.45, 7) is -0.330. The summed E-state index contributed by atoms with van der Waals surface area (Å²) in [7, 11) is 1.51. The van der Waals surface area contributed by atoms with Crippen LogP contribution in [0.2, 0.25) is 0 Å². The zero-order chi connectivity index (χ0) is 19.0. The second kappa shape index (κ2) is 6.69. The third-order valence-corrected chi connectivity index (χ3v) is 4.38. The lowest BCUT2D eigenvalue weighted by molar-refractivity contribution is 0.0202. The van der Waals surface area contributed by atoms with Crippen molar-refractivity contribution in [3.8, 4) is 0 Å². The number of nitrogens with zero attached hydrogens (tertiary/aromatic N) is 1. The Labute approximate surface area is 154 Å². The molecule has 1 aliphatic heterocycles. The first kappa shape index (κ1) is 17.0. The molecule has 0 spiro atoms. The summed E-state index contributed by atoms with van der Waals surface area (Å²) < 4.78 is 16.0. The van der Waals surface area contributed by atoms with E-state index in [0.29, 0.717) is 22.3 Å². The number of amides is 2. The van der Waals surface area contributed by atoms with E-state index < -0.39 is 24.5 Å². The minimum absolute atomic E-state index is 0.00495. The number of benzene rings is 2. The maximum atomic E-state index is 12.5. The fourth-order valence-electron chi connectivity index (χ4n) is 3.10. The fraction of sp³-hybridized carbons (Fsp3) is 0.150. The van der Waals surface area contributed by atoms with Gasteiger partial charge in [0.25, 0.3) is 11.8 Å². The van der Waals surface area contributed by atoms with E-state index in [1.165, 1.54) is 7.11 Å². The highest BCUT2D eigenvalue weighted by Crippen LogP contribution is 2.28. The molecule has 3 aromatic rings. The number of carbonyl (C=O) groups excluding carboxylic acids is 3. The summed E-state index contributed by atoms with van der Waals surface area (Å²) in [6, 6.07) is 13.6. The Kier molecular flexibility index (Phi) is 4.21. The summed E-state index contributed by atoms with van der Waals surface area (Å²) in [5.41, 5.74) is 1.67. The third kappa shape index (κ3) is 2.78. The molecule has 7 heteroatoms. The van der Waals surface area contributed by atoms with Crippen molar-refractivity contribution in [3.05, 3.63) is 71.0 Å². The number of para-hydroxylation sites is 1. The molecular formula is C20H15NO6. The highest BCUT2D eigenvalue weighted by Gasteiger charge is 2.36. The van der Waals surface area contributed by atoms with E-state index in [1.54, 1.807) is 36.4 Å². The van der Waals surface area contributed by atoms with Crippen molar-refractivity contribution < 1.29 is 28.3 Å². The van der Waals surface area contributed by atoms with Crippen LogP contribution in [0.4, 0.5) is 0 Å². The number of furan rings is 1. The fourth-order valence-corrected chi connectivity index (χ4v) is 3.10. The predicted molar refractivity (Wildman–Crippen MR) is 94.2 cm³/mol. The van der Waals surface area contributed by atoms with Gasteiger partial charge in [-0.15, -0.1) is 0 Å². The van der Waals surface area contributed by atoms with E-state index in [0.717, 1.165) is 10.3 Å². The second-order valence-corrected chi connectivity index (χ2v) is 5.98. The molecule has 2 heterocycles.